The number of aromatic nitrogens is 1. The number of hydrogen-bond acceptors (Lipinski definition) is 3. The molecule has 0 aliphatic rings. The molecule has 0 spiro atoms. The van der Waals surface area contributed by atoms with Gasteiger partial charge in [0, 0.05) is 0 Å². The Hall–Kier alpha value is -1.16. The van der Waals surface area contributed by atoms with Gasteiger partial charge in [-0.05, 0) is 19.9 Å². The van der Waals surface area contributed by atoms with Crippen molar-refractivity contribution in [1.82, 2.24) is 4.98 Å². The second-order valence-corrected chi connectivity index (χ2v) is 3.11. The van der Waals surface area contributed by atoms with Gasteiger partial charge >= 0.3 is 0 Å². The van der Waals surface area contributed by atoms with Crippen LogP contribution in [0.15, 0.2) is 6.07 Å². The van der Waals surface area contributed by atoms with E-state index in [1.807, 2.05) is 0 Å². The number of aromatic amines is 1. The summed E-state index contributed by atoms with van der Waals surface area (Å²) in [5.41, 5.74) is 11.1. The van der Waals surface area contributed by atoms with Crippen molar-refractivity contribution in [1.29, 1.82) is 0 Å². The van der Waals surface area contributed by atoms with Gasteiger partial charge in [-0.15, -0.1) is 0 Å². The van der Waals surface area contributed by atoms with Gasteiger partial charge in [-0.3, -0.25) is 0 Å². The van der Waals surface area contributed by atoms with Gasteiger partial charge in [0.2, 0.25) is 0 Å². The number of nitrogens with two attached hydrogens (primary N) is 2. The minimum Gasteiger partial charge on any atom is -0.396 e. The van der Waals surface area contributed by atoms with E-state index in [-0.39, 0.29) is 0 Å². The molecule has 62 valence electrons. The molecule has 4 heteroatoms. The second kappa shape index (κ2) is 2.17. The van der Waals surface area contributed by atoms with Gasteiger partial charge in [0.05, 0.1) is 17.0 Å². The summed E-state index contributed by atoms with van der Waals surface area (Å²) in [7, 11) is 0. The predicted molar refractivity (Wildman–Crippen MR) is 44.9 cm³/mol. The Morgan fingerprint density at radius 2 is 2.00 bits per heavy atom. The van der Waals surface area contributed by atoms with E-state index in [4.69, 9.17) is 11.5 Å². The van der Waals surface area contributed by atoms with Crippen LogP contribution in [0, 0.1) is 0 Å². The van der Waals surface area contributed by atoms with Crippen LogP contribution in [0.25, 0.3) is 0 Å². The third-order valence-corrected chi connectivity index (χ3v) is 1.54. The Balaban J connectivity index is 3.08. The Kier molecular flexibility index (Phi) is 1.56. The zero-order chi connectivity index (χ0) is 8.65. The van der Waals surface area contributed by atoms with E-state index in [1.54, 1.807) is 19.9 Å². The average molecular weight is 155 g/mol. The van der Waals surface area contributed by atoms with Gasteiger partial charge in [-0.25, -0.2) is 0 Å². The Bertz CT molecular complexity index is 240. The van der Waals surface area contributed by atoms with Crippen molar-refractivity contribution < 1.29 is 5.11 Å². The summed E-state index contributed by atoms with van der Waals surface area (Å²) in [6.07, 6.45) is 0. The molecule has 0 aliphatic heterocycles. The second-order valence-electron chi connectivity index (χ2n) is 3.11. The standard InChI is InChI=1S/C7H13N3O/c1-7(2,11)5-3-4(8)6(9)10-5/h3,10-11H,8-9H2,1-2H3. The lowest BCUT2D eigenvalue weighted by Crippen LogP contribution is -2.15. The fraction of sp³-hybridized carbons (Fsp3) is 0.429. The lowest BCUT2D eigenvalue weighted by molar-refractivity contribution is 0.0745. The highest BCUT2D eigenvalue weighted by Crippen LogP contribution is 2.24. The molecule has 1 aromatic rings. The van der Waals surface area contributed by atoms with Gasteiger partial charge in [0.25, 0.3) is 0 Å². The molecule has 0 unspecified atom stereocenters. The lowest BCUT2D eigenvalue weighted by atomic mass is 10.1. The van der Waals surface area contributed by atoms with Crippen molar-refractivity contribution in [2.24, 2.45) is 0 Å². The molecule has 1 rings (SSSR count). The minimum atomic E-state index is -0.911. The fourth-order valence-electron chi connectivity index (χ4n) is 0.816. The van der Waals surface area contributed by atoms with Crippen LogP contribution in [-0.4, -0.2) is 10.1 Å². The number of H-pyrrole nitrogens is 1. The molecule has 0 bridgehead atoms. The summed E-state index contributed by atoms with van der Waals surface area (Å²) in [6, 6.07) is 1.63. The van der Waals surface area contributed by atoms with Crippen LogP contribution in [0.1, 0.15) is 19.5 Å². The van der Waals surface area contributed by atoms with Crippen molar-refractivity contribution in [2.75, 3.05) is 11.5 Å². The summed E-state index contributed by atoms with van der Waals surface area (Å²) in [5.74, 6) is 0.405. The first-order valence-electron chi connectivity index (χ1n) is 3.38. The molecular weight excluding hydrogens is 142 g/mol. The zero-order valence-electron chi connectivity index (χ0n) is 6.68. The van der Waals surface area contributed by atoms with Crippen molar-refractivity contribution in [3.05, 3.63) is 11.8 Å². The van der Waals surface area contributed by atoms with Crippen molar-refractivity contribution in [3.8, 4) is 0 Å². The maximum Gasteiger partial charge on any atom is 0.124 e. The molecule has 0 fully saturated rings. The highest BCUT2D eigenvalue weighted by atomic mass is 16.3. The summed E-state index contributed by atoms with van der Waals surface area (Å²) < 4.78 is 0. The summed E-state index contributed by atoms with van der Waals surface area (Å²) >= 11 is 0. The van der Waals surface area contributed by atoms with Crippen LogP contribution in [0.2, 0.25) is 0 Å². The van der Waals surface area contributed by atoms with Gasteiger partial charge in [0.1, 0.15) is 5.82 Å². The number of nitrogen functional groups attached to an aromatic ring is 2. The molecule has 0 aliphatic carbocycles. The number of nitrogens with one attached hydrogen (secondary N) is 1. The van der Waals surface area contributed by atoms with Gasteiger partial charge in [-0.1, -0.05) is 0 Å². The molecule has 6 N–H and O–H groups in total. The van der Waals surface area contributed by atoms with Gasteiger partial charge < -0.3 is 21.6 Å². The molecule has 1 heterocycles. The molecule has 0 atom stereocenters. The molecule has 1 aromatic heterocycles. The maximum absolute atomic E-state index is 9.48. The van der Waals surface area contributed by atoms with E-state index in [9.17, 15) is 5.11 Å². The minimum absolute atomic E-state index is 0.405. The average Bonchev–Trinajstić information content (AvgIpc) is 2.11. The first kappa shape index (κ1) is 7.94. The number of rotatable bonds is 1. The van der Waals surface area contributed by atoms with E-state index in [1.165, 1.54) is 0 Å². The first-order chi connectivity index (χ1) is 4.91. The lowest BCUT2D eigenvalue weighted by Gasteiger charge is -2.14. The largest absolute Gasteiger partial charge is 0.396 e. The van der Waals surface area contributed by atoms with Crippen molar-refractivity contribution >= 4 is 11.5 Å². The highest BCUT2D eigenvalue weighted by Gasteiger charge is 2.18. The molecule has 4 nitrogen and oxygen atoms in total. The quantitative estimate of drug-likeness (QED) is 0.473. The predicted octanol–water partition coefficient (Wildman–Crippen LogP) is 0.407. The summed E-state index contributed by atoms with van der Waals surface area (Å²) in [5, 5.41) is 9.48. The van der Waals surface area contributed by atoms with E-state index in [0.717, 1.165) is 0 Å². The molecule has 0 saturated carbocycles. The molecule has 0 radical (unpaired) electrons. The fourth-order valence-corrected chi connectivity index (χ4v) is 0.816. The Morgan fingerprint density at radius 1 is 1.45 bits per heavy atom. The summed E-state index contributed by atoms with van der Waals surface area (Å²) in [4.78, 5) is 2.79. The third kappa shape index (κ3) is 1.46. The molecular formula is C7H13N3O. The van der Waals surface area contributed by atoms with Crippen LogP contribution in [0.5, 0.6) is 0 Å². The molecule has 11 heavy (non-hydrogen) atoms. The van der Waals surface area contributed by atoms with Crippen LogP contribution >= 0.6 is 0 Å². The van der Waals surface area contributed by atoms with Crippen molar-refractivity contribution in [2.45, 2.75) is 19.4 Å². The Morgan fingerprint density at radius 3 is 2.18 bits per heavy atom. The normalized spacial score (nSPS) is 11.9. The maximum atomic E-state index is 9.48. The smallest absolute Gasteiger partial charge is 0.124 e. The number of hydrogen-bond donors (Lipinski definition) is 4. The highest BCUT2D eigenvalue weighted by molar-refractivity contribution is 5.60. The first-order valence-corrected chi connectivity index (χ1v) is 3.38. The Labute approximate surface area is 65.2 Å². The zero-order valence-corrected chi connectivity index (χ0v) is 6.68. The summed E-state index contributed by atoms with van der Waals surface area (Å²) in [6.45, 7) is 3.33. The van der Waals surface area contributed by atoms with Crippen molar-refractivity contribution in [3.63, 3.8) is 0 Å². The van der Waals surface area contributed by atoms with E-state index < -0.39 is 5.60 Å². The van der Waals surface area contributed by atoms with Crippen LogP contribution in [0.3, 0.4) is 0 Å². The van der Waals surface area contributed by atoms with Crippen LogP contribution < -0.4 is 11.5 Å². The molecule has 0 saturated heterocycles. The number of aliphatic hydroxyl groups is 1. The third-order valence-electron chi connectivity index (χ3n) is 1.54. The van der Waals surface area contributed by atoms with Crippen LogP contribution in [-0.2, 0) is 5.60 Å². The van der Waals surface area contributed by atoms with Gasteiger partial charge in [-0.2, -0.15) is 0 Å². The molecule has 0 amide bonds. The topological polar surface area (TPSA) is 88.1 Å². The van der Waals surface area contributed by atoms with E-state index >= 15 is 0 Å². The van der Waals surface area contributed by atoms with Gasteiger partial charge in [0.15, 0.2) is 0 Å². The SMILES string of the molecule is CC(C)(O)c1cc(N)c(N)[nH]1. The number of anilines is 2. The molecule has 0 aromatic carbocycles. The van der Waals surface area contributed by atoms with E-state index in [0.29, 0.717) is 17.2 Å². The monoisotopic (exact) mass is 155 g/mol. The van der Waals surface area contributed by atoms with Crippen LogP contribution in [0.4, 0.5) is 11.5 Å². The van der Waals surface area contributed by atoms with E-state index in [2.05, 4.69) is 4.98 Å².